The van der Waals surface area contributed by atoms with Crippen molar-refractivity contribution in [1.29, 1.82) is 0 Å². The number of nitrogens with one attached hydrogen (secondary N) is 1. The van der Waals surface area contributed by atoms with Gasteiger partial charge in [0.1, 0.15) is 5.82 Å². The Bertz CT molecular complexity index is 1720. The molecule has 0 radical (unpaired) electrons. The summed E-state index contributed by atoms with van der Waals surface area (Å²) in [4.78, 5) is 30.8. The molecule has 0 saturated carbocycles. The first kappa shape index (κ1) is 30.0. The van der Waals surface area contributed by atoms with Gasteiger partial charge in [-0.2, -0.15) is 10.2 Å². The Morgan fingerprint density at radius 2 is 1.84 bits per heavy atom. The van der Waals surface area contributed by atoms with E-state index >= 15 is 4.39 Å². The van der Waals surface area contributed by atoms with Gasteiger partial charge in [0.05, 0.1) is 28.4 Å². The van der Waals surface area contributed by atoms with Crippen molar-refractivity contribution in [1.82, 2.24) is 25.4 Å². The SMILES string of the molecule is CC(C)c1ccc(-c2ccc(CN3CC[C@@](O)(c4ccc5ncc([C@@H]6CCC(=O)NC6=O)cc5c4F)C(C)(C)C3)cc2)nn1. The number of hydrogen-bond acceptors (Lipinski definition) is 7. The van der Waals surface area contributed by atoms with Crippen LogP contribution in [-0.4, -0.2) is 50.1 Å². The van der Waals surface area contributed by atoms with Crippen molar-refractivity contribution >= 4 is 22.7 Å². The Labute approximate surface area is 256 Å². The third-order valence-corrected chi connectivity index (χ3v) is 9.37. The van der Waals surface area contributed by atoms with Crippen LogP contribution in [0.2, 0.25) is 0 Å². The standard InChI is InChI=1S/C35H38FN5O3/c1-21(2)28-12-13-29(40-39-28)23-7-5-22(6-8-23)19-41-16-15-35(44,34(3,4)20-41)27-10-11-30-26(32(27)36)17-24(18-37-30)25-9-14-31(42)38-33(25)43/h5-8,10-13,17-18,21,25,44H,9,14-16,19-20H2,1-4H3,(H,38,42,43)/t25-,35+/m0/s1. The van der Waals surface area contributed by atoms with Gasteiger partial charge in [0.25, 0.3) is 0 Å². The highest BCUT2D eigenvalue weighted by molar-refractivity contribution is 6.01. The number of fused-ring (bicyclic) bond motifs is 1. The summed E-state index contributed by atoms with van der Waals surface area (Å²) in [6.07, 6.45) is 2.51. The zero-order chi connectivity index (χ0) is 31.2. The number of pyridine rings is 1. The number of piperidine rings is 2. The molecule has 4 aromatic rings. The number of nitrogens with zero attached hydrogens (tertiary/aromatic N) is 4. The van der Waals surface area contributed by atoms with E-state index < -0.39 is 28.7 Å². The van der Waals surface area contributed by atoms with Crippen molar-refractivity contribution in [3.8, 4) is 11.3 Å². The molecule has 2 saturated heterocycles. The van der Waals surface area contributed by atoms with E-state index in [4.69, 9.17) is 0 Å². The van der Waals surface area contributed by atoms with Crippen LogP contribution < -0.4 is 5.32 Å². The Hall–Kier alpha value is -4.08. The van der Waals surface area contributed by atoms with E-state index in [1.165, 1.54) is 0 Å². The first-order valence-electron chi connectivity index (χ1n) is 15.3. The van der Waals surface area contributed by atoms with Crippen LogP contribution in [0.15, 0.2) is 60.8 Å². The van der Waals surface area contributed by atoms with Gasteiger partial charge in [0, 0.05) is 54.2 Å². The number of hydrogen-bond donors (Lipinski definition) is 2. The molecule has 2 N–H and O–H groups in total. The molecule has 2 fully saturated rings. The fourth-order valence-electron chi connectivity index (χ4n) is 6.61. The van der Waals surface area contributed by atoms with Gasteiger partial charge in [-0.3, -0.25) is 24.8 Å². The lowest BCUT2D eigenvalue weighted by Crippen LogP contribution is -2.55. The van der Waals surface area contributed by atoms with Crippen molar-refractivity contribution < 1.29 is 19.1 Å². The Morgan fingerprint density at radius 1 is 1.07 bits per heavy atom. The molecule has 228 valence electrons. The van der Waals surface area contributed by atoms with Crippen molar-refractivity contribution in [2.24, 2.45) is 5.41 Å². The van der Waals surface area contributed by atoms with Gasteiger partial charge < -0.3 is 5.11 Å². The van der Waals surface area contributed by atoms with Gasteiger partial charge in [-0.1, -0.05) is 58.0 Å². The normalized spacial score (nSPS) is 22.4. The molecular formula is C35H38FN5O3. The topological polar surface area (TPSA) is 108 Å². The summed E-state index contributed by atoms with van der Waals surface area (Å²) >= 11 is 0. The molecule has 2 aliphatic rings. The number of aromatic nitrogens is 3. The highest BCUT2D eigenvalue weighted by atomic mass is 19.1. The van der Waals surface area contributed by atoms with E-state index in [0.29, 0.717) is 49.5 Å². The van der Waals surface area contributed by atoms with Crippen LogP contribution in [0.4, 0.5) is 4.39 Å². The fraction of sp³-hybridized carbons (Fsp3) is 0.400. The Morgan fingerprint density at radius 3 is 2.50 bits per heavy atom. The third kappa shape index (κ3) is 5.50. The Kier molecular flexibility index (Phi) is 7.80. The highest BCUT2D eigenvalue weighted by Crippen LogP contribution is 2.48. The molecular weight excluding hydrogens is 557 g/mol. The first-order valence-corrected chi connectivity index (χ1v) is 15.3. The summed E-state index contributed by atoms with van der Waals surface area (Å²) in [5.41, 5.74) is 3.14. The number of carbonyl (C=O) groups is 2. The lowest BCUT2D eigenvalue weighted by Gasteiger charge is -2.50. The molecule has 0 spiro atoms. The zero-order valence-corrected chi connectivity index (χ0v) is 25.6. The molecule has 2 aromatic carbocycles. The van der Waals surface area contributed by atoms with Gasteiger partial charge >= 0.3 is 0 Å². The van der Waals surface area contributed by atoms with Crippen molar-refractivity contribution in [2.75, 3.05) is 13.1 Å². The number of likely N-dealkylation sites (tertiary alicyclic amines) is 1. The summed E-state index contributed by atoms with van der Waals surface area (Å²) in [5.74, 6) is -1.45. The number of imide groups is 1. The zero-order valence-electron chi connectivity index (χ0n) is 25.6. The van der Waals surface area contributed by atoms with Crippen molar-refractivity contribution in [3.05, 3.63) is 89.0 Å². The van der Waals surface area contributed by atoms with E-state index in [9.17, 15) is 14.7 Å². The van der Waals surface area contributed by atoms with E-state index in [1.54, 1.807) is 24.4 Å². The molecule has 2 amide bonds. The Balaban J connectivity index is 1.19. The summed E-state index contributed by atoms with van der Waals surface area (Å²) < 4.78 is 16.3. The molecule has 0 bridgehead atoms. The first-order chi connectivity index (χ1) is 20.9. The van der Waals surface area contributed by atoms with Crippen LogP contribution in [-0.2, 0) is 21.7 Å². The number of aliphatic hydroxyl groups is 1. The minimum Gasteiger partial charge on any atom is -0.384 e. The fourth-order valence-corrected chi connectivity index (χ4v) is 6.61. The van der Waals surface area contributed by atoms with Gasteiger partial charge in [-0.25, -0.2) is 4.39 Å². The lowest BCUT2D eigenvalue weighted by atomic mass is 9.66. The average Bonchev–Trinajstić information content (AvgIpc) is 2.99. The molecule has 0 unspecified atom stereocenters. The highest BCUT2D eigenvalue weighted by Gasteiger charge is 2.50. The van der Waals surface area contributed by atoms with Gasteiger partial charge in [-0.15, -0.1) is 0 Å². The number of benzene rings is 2. The van der Waals surface area contributed by atoms with Crippen LogP contribution in [0, 0.1) is 11.2 Å². The van der Waals surface area contributed by atoms with E-state index in [2.05, 4.69) is 63.5 Å². The second-order valence-electron chi connectivity index (χ2n) is 13.2. The van der Waals surface area contributed by atoms with Gasteiger partial charge in [0.2, 0.25) is 11.8 Å². The van der Waals surface area contributed by atoms with E-state index in [1.807, 2.05) is 26.0 Å². The van der Waals surface area contributed by atoms with Crippen LogP contribution in [0.1, 0.15) is 81.2 Å². The predicted molar refractivity (Wildman–Crippen MR) is 166 cm³/mol. The molecule has 44 heavy (non-hydrogen) atoms. The maximum atomic E-state index is 16.3. The molecule has 2 aromatic heterocycles. The van der Waals surface area contributed by atoms with Crippen molar-refractivity contribution in [3.63, 3.8) is 0 Å². The van der Waals surface area contributed by atoms with Crippen LogP contribution in [0.5, 0.6) is 0 Å². The van der Waals surface area contributed by atoms with E-state index in [0.717, 1.165) is 22.5 Å². The molecule has 2 atom stereocenters. The predicted octanol–water partition coefficient (Wildman–Crippen LogP) is 5.59. The van der Waals surface area contributed by atoms with Gasteiger partial charge in [0.15, 0.2) is 0 Å². The molecule has 0 aliphatic carbocycles. The molecule has 2 aliphatic heterocycles. The van der Waals surface area contributed by atoms with Crippen LogP contribution in [0.3, 0.4) is 0 Å². The maximum absolute atomic E-state index is 16.3. The summed E-state index contributed by atoms with van der Waals surface area (Å²) in [5, 5.41) is 23.4. The molecule has 4 heterocycles. The van der Waals surface area contributed by atoms with E-state index in [-0.39, 0.29) is 23.3 Å². The maximum Gasteiger partial charge on any atom is 0.234 e. The van der Waals surface area contributed by atoms with Crippen LogP contribution in [0.25, 0.3) is 22.2 Å². The second kappa shape index (κ2) is 11.4. The van der Waals surface area contributed by atoms with Crippen LogP contribution >= 0.6 is 0 Å². The summed E-state index contributed by atoms with van der Waals surface area (Å²) in [6.45, 7) is 10.0. The summed E-state index contributed by atoms with van der Waals surface area (Å²) in [7, 11) is 0. The summed E-state index contributed by atoms with van der Waals surface area (Å²) in [6, 6.07) is 17.3. The smallest absolute Gasteiger partial charge is 0.234 e. The number of rotatable bonds is 6. The third-order valence-electron chi connectivity index (χ3n) is 9.37. The van der Waals surface area contributed by atoms with Crippen molar-refractivity contribution in [2.45, 2.75) is 70.9 Å². The monoisotopic (exact) mass is 595 g/mol. The average molecular weight is 596 g/mol. The second-order valence-corrected chi connectivity index (χ2v) is 13.2. The molecule has 9 heteroatoms. The molecule has 8 nitrogen and oxygen atoms in total. The van der Waals surface area contributed by atoms with Gasteiger partial charge in [-0.05, 0) is 54.2 Å². The number of carbonyl (C=O) groups excluding carboxylic acids is 2. The number of amides is 2. The quantitative estimate of drug-likeness (QED) is 0.280. The molecule has 6 rings (SSSR count). The minimum absolute atomic E-state index is 0.229. The largest absolute Gasteiger partial charge is 0.384 e. The lowest BCUT2D eigenvalue weighted by molar-refractivity contribution is -0.134. The number of halogens is 1. The minimum atomic E-state index is -1.41.